The molecule has 94 valence electrons. The molecule has 0 spiro atoms. The van der Waals surface area contributed by atoms with Crippen LogP contribution >= 0.6 is 11.3 Å². The number of nitriles is 1. The molecule has 0 unspecified atom stereocenters. The van der Waals surface area contributed by atoms with Crippen LogP contribution in [-0.4, -0.2) is 22.6 Å². The van der Waals surface area contributed by atoms with Crippen LogP contribution in [0.2, 0.25) is 0 Å². The Morgan fingerprint density at radius 2 is 2.22 bits per heavy atom. The zero-order valence-corrected chi connectivity index (χ0v) is 11.7. The van der Waals surface area contributed by atoms with E-state index in [2.05, 4.69) is 47.1 Å². The molecule has 0 radical (unpaired) electrons. The zero-order chi connectivity index (χ0) is 13.1. The van der Waals surface area contributed by atoms with Gasteiger partial charge in [0.05, 0.1) is 22.7 Å². The number of anilines is 1. The first-order chi connectivity index (χ1) is 8.65. The van der Waals surface area contributed by atoms with Gasteiger partial charge in [0.15, 0.2) is 0 Å². The third kappa shape index (κ3) is 2.29. The van der Waals surface area contributed by atoms with E-state index in [0.717, 1.165) is 16.0 Å². The molecule has 2 aromatic rings. The van der Waals surface area contributed by atoms with E-state index in [9.17, 15) is 0 Å². The van der Waals surface area contributed by atoms with Crippen molar-refractivity contribution in [3.8, 4) is 6.07 Å². The van der Waals surface area contributed by atoms with Crippen molar-refractivity contribution in [2.75, 3.05) is 11.4 Å². The van der Waals surface area contributed by atoms with Crippen molar-refractivity contribution in [1.82, 2.24) is 9.97 Å². The zero-order valence-electron chi connectivity index (χ0n) is 10.8. The van der Waals surface area contributed by atoms with Crippen LogP contribution in [0.4, 0.5) is 5.82 Å². The summed E-state index contributed by atoms with van der Waals surface area (Å²) in [5.41, 5.74) is 2.20. The van der Waals surface area contributed by atoms with Crippen LogP contribution < -0.4 is 4.90 Å². The highest BCUT2D eigenvalue weighted by atomic mass is 32.1. The van der Waals surface area contributed by atoms with Crippen molar-refractivity contribution in [3.05, 3.63) is 17.3 Å². The molecule has 0 aliphatic carbocycles. The first-order valence-electron chi connectivity index (χ1n) is 5.97. The fourth-order valence-corrected chi connectivity index (χ4v) is 2.95. The van der Waals surface area contributed by atoms with E-state index in [0.29, 0.717) is 19.0 Å². The summed E-state index contributed by atoms with van der Waals surface area (Å²) in [7, 11) is 0. The molecule has 0 N–H and O–H groups in total. The summed E-state index contributed by atoms with van der Waals surface area (Å²) in [6.07, 6.45) is 2.12. The topological polar surface area (TPSA) is 52.8 Å². The van der Waals surface area contributed by atoms with Crippen molar-refractivity contribution in [1.29, 1.82) is 5.26 Å². The van der Waals surface area contributed by atoms with Crippen LogP contribution in [0.25, 0.3) is 10.2 Å². The smallest absolute Gasteiger partial charge is 0.150 e. The minimum absolute atomic E-state index is 0.318. The maximum absolute atomic E-state index is 8.75. The molecule has 0 aliphatic rings. The second-order valence-corrected chi connectivity index (χ2v) is 5.37. The lowest BCUT2D eigenvalue weighted by Crippen LogP contribution is -2.32. The lowest BCUT2D eigenvalue weighted by Gasteiger charge is -2.27. The van der Waals surface area contributed by atoms with Gasteiger partial charge in [0.2, 0.25) is 0 Å². The monoisotopic (exact) mass is 260 g/mol. The van der Waals surface area contributed by atoms with E-state index in [1.165, 1.54) is 5.56 Å². The van der Waals surface area contributed by atoms with Gasteiger partial charge in [-0.05, 0) is 31.7 Å². The van der Waals surface area contributed by atoms with Crippen LogP contribution in [0, 0.1) is 18.3 Å². The lowest BCUT2D eigenvalue weighted by molar-refractivity contribution is 0.679. The van der Waals surface area contributed by atoms with Gasteiger partial charge in [0.1, 0.15) is 12.1 Å². The third-order valence-corrected chi connectivity index (χ3v) is 3.96. The lowest BCUT2D eigenvalue weighted by atomic mass is 10.2. The highest BCUT2D eigenvalue weighted by molar-refractivity contribution is 7.18. The number of fused-ring (bicyclic) bond motifs is 1. The van der Waals surface area contributed by atoms with Gasteiger partial charge >= 0.3 is 0 Å². The number of rotatable bonds is 4. The highest BCUT2D eigenvalue weighted by Gasteiger charge is 2.16. The number of hydrogen-bond acceptors (Lipinski definition) is 5. The van der Waals surface area contributed by atoms with Crippen LogP contribution in [-0.2, 0) is 0 Å². The molecule has 0 bridgehead atoms. The van der Waals surface area contributed by atoms with E-state index in [-0.39, 0.29) is 0 Å². The van der Waals surface area contributed by atoms with E-state index < -0.39 is 0 Å². The molecule has 2 aromatic heterocycles. The molecule has 0 aliphatic heterocycles. The number of nitrogens with zero attached hydrogens (tertiary/aromatic N) is 4. The van der Waals surface area contributed by atoms with Gasteiger partial charge in [0, 0.05) is 12.6 Å². The quantitative estimate of drug-likeness (QED) is 0.847. The Labute approximate surface area is 111 Å². The molecule has 0 atom stereocenters. The Hall–Kier alpha value is -1.67. The second-order valence-electron chi connectivity index (χ2n) is 4.49. The first kappa shape index (κ1) is 12.8. The van der Waals surface area contributed by atoms with Gasteiger partial charge in [-0.2, -0.15) is 5.26 Å². The Morgan fingerprint density at radius 3 is 2.89 bits per heavy atom. The molecule has 0 aromatic carbocycles. The number of thiophene rings is 1. The molecule has 4 nitrogen and oxygen atoms in total. The van der Waals surface area contributed by atoms with E-state index >= 15 is 0 Å². The van der Waals surface area contributed by atoms with Crippen LogP contribution in [0.3, 0.4) is 0 Å². The van der Waals surface area contributed by atoms with Crippen molar-refractivity contribution >= 4 is 27.4 Å². The number of hydrogen-bond donors (Lipinski definition) is 0. The van der Waals surface area contributed by atoms with Gasteiger partial charge in [-0.3, -0.25) is 0 Å². The summed E-state index contributed by atoms with van der Waals surface area (Å²) in [5.74, 6) is 0.948. The van der Waals surface area contributed by atoms with Gasteiger partial charge in [-0.1, -0.05) is 0 Å². The maximum atomic E-state index is 8.75. The molecule has 18 heavy (non-hydrogen) atoms. The Kier molecular flexibility index (Phi) is 3.78. The van der Waals surface area contributed by atoms with Crippen molar-refractivity contribution in [2.45, 2.75) is 33.2 Å². The fraction of sp³-hybridized carbons (Fsp3) is 0.462. The van der Waals surface area contributed by atoms with E-state index in [4.69, 9.17) is 5.26 Å². The molecule has 2 rings (SSSR count). The van der Waals surface area contributed by atoms with Gasteiger partial charge < -0.3 is 4.90 Å². The summed E-state index contributed by atoms with van der Waals surface area (Å²) in [6.45, 7) is 7.00. The Morgan fingerprint density at radius 1 is 1.44 bits per heavy atom. The Bertz CT molecular complexity index is 582. The van der Waals surface area contributed by atoms with Gasteiger partial charge in [-0.25, -0.2) is 9.97 Å². The maximum Gasteiger partial charge on any atom is 0.150 e. The first-order valence-corrected chi connectivity index (χ1v) is 6.85. The predicted octanol–water partition coefficient (Wildman–Crippen LogP) is 3.13. The predicted molar refractivity (Wildman–Crippen MR) is 74.9 cm³/mol. The largest absolute Gasteiger partial charge is 0.352 e. The van der Waals surface area contributed by atoms with Crippen LogP contribution in [0.5, 0.6) is 0 Å². The molecule has 0 fully saturated rings. The molecular weight excluding hydrogens is 244 g/mol. The highest BCUT2D eigenvalue weighted by Crippen LogP contribution is 2.31. The SMILES string of the molecule is Cc1csc2c(N(CCC#N)C(C)C)ncnc12. The summed E-state index contributed by atoms with van der Waals surface area (Å²) < 4.78 is 1.11. The van der Waals surface area contributed by atoms with Crippen LogP contribution in [0.1, 0.15) is 25.8 Å². The molecule has 0 amide bonds. The molecular formula is C13H16N4S. The number of aryl methyl sites for hydroxylation is 1. The number of aromatic nitrogens is 2. The molecule has 5 heteroatoms. The van der Waals surface area contributed by atoms with E-state index in [1.807, 2.05) is 0 Å². The third-order valence-electron chi connectivity index (χ3n) is 2.87. The molecule has 0 saturated heterocycles. The molecule has 2 heterocycles. The second kappa shape index (κ2) is 5.32. The van der Waals surface area contributed by atoms with Gasteiger partial charge in [0.25, 0.3) is 0 Å². The fourth-order valence-electron chi connectivity index (χ4n) is 1.94. The average Bonchev–Trinajstić information content (AvgIpc) is 2.72. The summed E-state index contributed by atoms with van der Waals surface area (Å²) in [4.78, 5) is 10.9. The Balaban J connectivity index is 2.47. The van der Waals surface area contributed by atoms with E-state index in [1.54, 1.807) is 17.7 Å². The summed E-state index contributed by atoms with van der Waals surface area (Å²) in [5, 5.41) is 10.9. The standard InChI is InChI=1S/C13H16N4S/c1-9(2)17(6-4-5-14)13-12-11(15-8-16-13)10(3)7-18-12/h7-9H,4,6H2,1-3H3. The normalized spacial score (nSPS) is 10.8. The molecule has 0 saturated carbocycles. The minimum atomic E-state index is 0.318. The summed E-state index contributed by atoms with van der Waals surface area (Å²) >= 11 is 1.67. The van der Waals surface area contributed by atoms with Gasteiger partial charge in [-0.15, -0.1) is 11.3 Å². The van der Waals surface area contributed by atoms with Crippen molar-refractivity contribution in [3.63, 3.8) is 0 Å². The van der Waals surface area contributed by atoms with Crippen molar-refractivity contribution < 1.29 is 0 Å². The summed E-state index contributed by atoms with van der Waals surface area (Å²) in [6, 6.07) is 2.51. The van der Waals surface area contributed by atoms with Crippen molar-refractivity contribution in [2.24, 2.45) is 0 Å². The van der Waals surface area contributed by atoms with Crippen LogP contribution in [0.15, 0.2) is 11.7 Å². The minimum Gasteiger partial charge on any atom is -0.352 e. The average molecular weight is 260 g/mol.